The van der Waals surface area contributed by atoms with E-state index in [0.29, 0.717) is 23.7 Å². The zero-order valence-electron chi connectivity index (χ0n) is 20.7. The first-order valence-corrected chi connectivity index (χ1v) is 13.0. The summed E-state index contributed by atoms with van der Waals surface area (Å²) >= 11 is 8.54. The molecule has 0 fully saturated rings. The number of aryl methyl sites for hydroxylation is 1. The Morgan fingerprint density at radius 3 is 2.49 bits per heavy atom. The molecule has 7 nitrogen and oxygen atoms in total. The van der Waals surface area contributed by atoms with Crippen LogP contribution in [-0.2, 0) is 4.79 Å². The second kappa shape index (κ2) is 14.7. The van der Waals surface area contributed by atoms with Gasteiger partial charge in [0.15, 0.2) is 11.7 Å². The number of nitrogens with one attached hydrogen (secondary N) is 3. The molecule has 0 radical (unpaired) electrons. The van der Waals surface area contributed by atoms with Crippen LogP contribution in [0.1, 0.15) is 73.9 Å². The molecule has 0 aliphatic rings. The molecule has 35 heavy (non-hydrogen) atoms. The number of carbonyl (C=O) groups is 2. The zero-order chi connectivity index (χ0) is 25.8. The van der Waals surface area contributed by atoms with E-state index in [1.807, 2.05) is 31.2 Å². The van der Waals surface area contributed by atoms with Crippen molar-refractivity contribution in [2.24, 2.45) is 0 Å². The second-order valence-electron chi connectivity index (χ2n) is 8.49. The van der Waals surface area contributed by atoms with E-state index in [4.69, 9.17) is 21.7 Å². The molecule has 190 valence electrons. The molecule has 0 saturated heterocycles. The summed E-state index contributed by atoms with van der Waals surface area (Å²) < 4.78 is 12.3. The molecule has 0 unspecified atom stereocenters. The number of benzene rings is 2. The van der Waals surface area contributed by atoms with Crippen LogP contribution in [0.15, 0.2) is 40.9 Å². The van der Waals surface area contributed by atoms with Gasteiger partial charge in [-0.15, -0.1) is 0 Å². The molecule has 0 atom stereocenters. The van der Waals surface area contributed by atoms with Crippen molar-refractivity contribution in [1.82, 2.24) is 16.2 Å². The predicted molar refractivity (Wildman–Crippen MR) is 146 cm³/mol. The number of halogens is 1. The number of carbonyl (C=O) groups excluding carboxylic acids is 2. The minimum atomic E-state index is -0.445. The van der Waals surface area contributed by atoms with Crippen molar-refractivity contribution < 1.29 is 19.1 Å². The number of hydrazine groups is 1. The number of thiocarbonyl (C=S) groups is 1. The maximum Gasteiger partial charge on any atom is 0.276 e. The first-order valence-electron chi connectivity index (χ1n) is 11.8. The smallest absolute Gasteiger partial charge is 0.276 e. The van der Waals surface area contributed by atoms with Gasteiger partial charge >= 0.3 is 0 Å². The van der Waals surface area contributed by atoms with Gasteiger partial charge in [-0.3, -0.25) is 25.8 Å². The zero-order valence-corrected chi connectivity index (χ0v) is 23.1. The standard InChI is InChI=1S/C26H34BrN3O4S/c1-5-6-7-8-13-33-22-12-10-19(27)15-21(22)25(32)28-26(35)30-29-24(31)16-34-23-14-18(4)9-11-20(23)17(2)3/h9-12,14-15,17H,5-8,13,16H2,1-4H3,(H,29,31)(H2,28,30,32,35). The van der Waals surface area contributed by atoms with Crippen molar-refractivity contribution in [2.45, 2.75) is 59.3 Å². The number of hydrogen-bond donors (Lipinski definition) is 3. The predicted octanol–water partition coefficient (Wildman–Crippen LogP) is 5.55. The molecular formula is C26H34BrN3O4S. The molecule has 2 aromatic rings. The van der Waals surface area contributed by atoms with Crippen LogP contribution in [0.25, 0.3) is 0 Å². The highest BCUT2D eigenvalue weighted by atomic mass is 79.9. The molecule has 3 N–H and O–H groups in total. The van der Waals surface area contributed by atoms with E-state index in [9.17, 15) is 9.59 Å². The van der Waals surface area contributed by atoms with Crippen LogP contribution < -0.4 is 25.6 Å². The summed E-state index contributed by atoms with van der Waals surface area (Å²) in [4.78, 5) is 25.0. The monoisotopic (exact) mass is 563 g/mol. The molecule has 2 rings (SSSR count). The largest absolute Gasteiger partial charge is 0.493 e. The lowest BCUT2D eigenvalue weighted by molar-refractivity contribution is -0.123. The van der Waals surface area contributed by atoms with Gasteiger partial charge in [-0.2, -0.15) is 0 Å². The van der Waals surface area contributed by atoms with Gasteiger partial charge in [0.25, 0.3) is 11.8 Å². The molecule has 0 aliphatic heterocycles. The SMILES string of the molecule is CCCCCCOc1ccc(Br)cc1C(=O)NC(=S)NNC(=O)COc1cc(C)ccc1C(C)C. The molecule has 0 bridgehead atoms. The summed E-state index contributed by atoms with van der Waals surface area (Å²) in [6.07, 6.45) is 4.29. The summed E-state index contributed by atoms with van der Waals surface area (Å²) in [5.41, 5.74) is 7.39. The highest BCUT2D eigenvalue weighted by molar-refractivity contribution is 9.10. The molecule has 0 aromatic heterocycles. The fourth-order valence-electron chi connectivity index (χ4n) is 3.27. The van der Waals surface area contributed by atoms with E-state index in [1.165, 1.54) is 0 Å². The van der Waals surface area contributed by atoms with Crippen LogP contribution in [0.5, 0.6) is 11.5 Å². The fourth-order valence-corrected chi connectivity index (χ4v) is 3.77. The van der Waals surface area contributed by atoms with Crippen molar-refractivity contribution in [3.05, 3.63) is 57.6 Å². The minimum absolute atomic E-state index is 0.0457. The van der Waals surface area contributed by atoms with Gasteiger partial charge in [0, 0.05) is 4.47 Å². The summed E-state index contributed by atoms with van der Waals surface area (Å²) in [5, 5.41) is 2.51. The van der Waals surface area contributed by atoms with Crippen molar-refractivity contribution >= 4 is 45.1 Å². The van der Waals surface area contributed by atoms with Gasteiger partial charge in [0.05, 0.1) is 12.2 Å². The van der Waals surface area contributed by atoms with Gasteiger partial charge in [0.1, 0.15) is 11.5 Å². The lowest BCUT2D eigenvalue weighted by Crippen LogP contribution is -2.49. The summed E-state index contributed by atoms with van der Waals surface area (Å²) in [6.45, 7) is 8.57. The van der Waals surface area contributed by atoms with Gasteiger partial charge in [-0.25, -0.2) is 0 Å². The Labute approximate surface area is 221 Å². The van der Waals surface area contributed by atoms with Gasteiger partial charge in [-0.1, -0.05) is 68.1 Å². The van der Waals surface area contributed by atoms with E-state index in [1.54, 1.807) is 12.1 Å². The Morgan fingerprint density at radius 1 is 1.00 bits per heavy atom. The van der Waals surface area contributed by atoms with Gasteiger partial charge < -0.3 is 9.47 Å². The van der Waals surface area contributed by atoms with E-state index in [0.717, 1.165) is 41.3 Å². The highest BCUT2D eigenvalue weighted by Gasteiger charge is 2.16. The number of ether oxygens (including phenoxy) is 2. The summed E-state index contributed by atoms with van der Waals surface area (Å²) in [7, 11) is 0. The molecule has 9 heteroatoms. The van der Waals surface area contributed by atoms with Crippen molar-refractivity contribution in [3.8, 4) is 11.5 Å². The van der Waals surface area contributed by atoms with Crippen LogP contribution in [0.4, 0.5) is 0 Å². The molecule has 2 aromatic carbocycles. The van der Waals surface area contributed by atoms with Crippen molar-refractivity contribution in [3.63, 3.8) is 0 Å². The van der Waals surface area contributed by atoms with Crippen LogP contribution in [0, 0.1) is 6.92 Å². The third-order valence-electron chi connectivity index (χ3n) is 5.13. The van der Waals surface area contributed by atoms with Crippen LogP contribution in [0.3, 0.4) is 0 Å². The lowest BCUT2D eigenvalue weighted by atomic mass is 10.0. The van der Waals surface area contributed by atoms with Crippen molar-refractivity contribution in [2.75, 3.05) is 13.2 Å². The number of rotatable bonds is 11. The highest BCUT2D eigenvalue weighted by Crippen LogP contribution is 2.27. The summed E-state index contributed by atoms with van der Waals surface area (Å²) in [6, 6.07) is 11.1. The third-order valence-corrected chi connectivity index (χ3v) is 5.83. The Bertz CT molecular complexity index is 1030. The van der Waals surface area contributed by atoms with E-state index in [-0.39, 0.29) is 17.6 Å². The molecular weight excluding hydrogens is 530 g/mol. The molecule has 0 aliphatic carbocycles. The van der Waals surface area contributed by atoms with Gasteiger partial charge in [-0.05, 0) is 66.9 Å². The average Bonchev–Trinajstić information content (AvgIpc) is 2.81. The summed E-state index contributed by atoms with van der Waals surface area (Å²) in [5.74, 6) is 0.526. The Morgan fingerprint density at radius 2 is 1.77 bits per heavy atom. The maximum absolute atomic E-state index is 12.8. The average molecular weight is 565 g/mol. The Balaban J connectivity index is 1.86. The minimum Gasteiger partial charge on any atom is -0.493 e. The maximum atomic E-state index is 12.8. The van der Waals surface area contributed by atoms with Crippen LogP contribution in [0.2, 0.25) is 0 Å². The quantitative estimate of drug-likeness (QED) is 0.188. The topological polar surface area (TPSA) is 88.7 Å². The molecule has 0 saturated carbocycles. The molecule has 2 amide bonds. The number of unbranched alkanes of at least 4 members (excludes halogenated alkanes) is 3. The molecule has 0 heterocycles. The third kappa shape index (κ3) is 9.85. The molecule has 0 spiro atoms. The van der Waals surface area contributed by atoms with Crippen molar-refractivity contribution in [1.29, 1.82) is 0 Å². The van der Waals surface area contributed by atoms with E-state index in [2.05, 4.69) is 52.9 Å². The Kier molecular flexibility index (Phi) is 12.0. The second-order valence-corrected chi connectivity index (χ2v) is 9.81. The number of amides is 2. The lowest BCUT2D eigenvalue weighted by Gasteiger charge is -2.16. The van der Waals surface area contributed by atoms with E-state index >= 15 is 0 Å². The normalized spacial score (nSPS) is 10.6. The van der Waals surface area contributed by atoms with Crippen LogP contribution >= 0.6 is 28.1 Å². The fraction of sp³-hybridized carbons (Fsp3) is 0.423. The first-order chi connectivity index (χ1) is 16.7. The van der Waals surface area contributed by atoms with E-state index < -0.39 is 11.8 Å². The Hall–Kier alpha value is -2.65. The number of hydrogen-bond acceptors (Lipinski definition) is 5. The van der Waals surface area contributed by atoms with Crippen LogP contribution in [-0.4, -0.2) is 30.1 Å². The first kappa shape index (κ1) is 28.6. The van der Waals surface area contributed by atoms with Gasteiger partial charge in [0.2, 0.25) is 0 Å².